The van der Waals surface area contributed by atoms with Crippen LogP contribution in [-0.2, 0) is 10.0 Å². The zero-order valence-electron chi connectivity index (χ0n) is 7.52. The molecular formula is C7H13N3O2S. The highest BCUT2D eigenvalue weighted by Crippen LogP contribution is 2.07. The van der Waals surface area contributed by atoms with Crippen molar-refractivity contribution in [2.45, 2.75) is 12.5 Å². The molecule has 13 heavy (non-hydrogen) atoms. The summed E-state index contributed by atoms with van der Waals surface area (Å²) in [4.78, 5) is 2.06. The van der Waals surface area contributed by atoms with Crippen LogP contribution in [0.2, 0.25) is 0 Å². The van der Waals surface area contributed by atoms with Gasteiger partial charge in [-0.3, -0.25) is 0 Å². The molecule has 1 aliphatic heterocycles. The summed E-state index contributed by atoms with van der Waals surface area (Å²) in [5.74, 6) is -0.451. The summed E-state index contributed by atoms with van der Waals surface area (Å²) in [7, 11) is -1.43. The molecule has 0 aromatic rings. The van der Waals surface area contributed by atoms with Crippen LogP contribution in [0.3, 0.4) is 0 Å². The van der Waals surface area contributed by atoms with Crippen LogP contribution >= 0.6 is 0 Å². The molecule has 0 saturated carbocycles. The Labute approximate surface area is 78.4 Å². The Hall–Kier alpha value is -0.640. The summed E-state index contributed by atoms with van der Waals surface area (Å²) in [6.07, 6.45) is 0.821. The molecule has 6 heteroatoms. The van der Waals surface area contributed by atoms with Gasteiger partial charge < -0.3 is 4.90 Å². The summed E-state index contributed by atoms with van der Waals surface area (Å²) in [5, 5.41) is 8.25. The maximum absolute atomic E-state index is 11.1. The monoisotopic (exact) mass is 203 g/mol. The summed E-state index contributed by atoms with van der Waals surface area (Å²) in [6.45, 7) is 1.63. The molecule has 0 radical (unpaired) electrons. The van der Waals surface area contributed by atoms with Gasteiger partial charge in [0.1, 0.15) is 0 Å². The SMILES string of the molecule is CN1CCC(NS(=O)(=O)CC#N)C1. The zero-order valence-corrected chi connectivity index (χ0v) is 8.34. The van der Waals surface area contributed by atoms with E-state index in [1.807, 2.05) is 7.05 Å². The van der Waals surface area contributed by atoms with E-state index >= 15 is 0 Å². The second-order valence-electron chi connectivity index (χ2n) is 3.28. The fourth-order valence-electron chi connectivity index (χ4n) is 1.41. The predicted octanol–water partition coefficient (Wildman–Crippen LogP) is -0.867. The van der Waals surface area contributed by atoms with Gasteiger partial charge in [0, 0.05) is 12.6 Å². The third-order valence-corrected chi connectivity index (χ3v) is 3.19. The molecule has 0 aliphatic carbocycles. The quantitative estimate of drug-likeness (QED) is 0.647. The second-order valence-corrected chi connectivity index (χ2v) is 5.04. The zero-order chi connectivity index (χ0) is 9.90. The van der Waals surface area contributed by atoms with E-state index in [0.717, 1.165) is 19.5 Å². The largest absolute Gasteiger partial charge is 0.305 e. The highest BCUT2D eigenvalue weighted by Gasteiger charge is 2.23. The average molecular weight is 203 g/mol. The number of likely N-dealkylation sites (N-methyl/N-ethyl adjacent to an activating group) is 1. The Morgan fingerprint density at radius 1 is 1.69 bits per heavy atom. The topological polar surface area (TPSA) is 73.2 Å². The number of sulfonamides is 1. The molecule has 1 unspecified atom stereocenters. The number of rotatable bonds is 3. The van der Waals surface area contributed by atoms with E-state index in [9.17, 15) is 8.42 Å². The van der Waals surface area contributed by atoms with Gasteiger partial charge in [0.2, 0.25) is 10.0 Å². The molecule has 1 N–H and O–H groups in total. The van der Waals surface area contributed by atoms with Crippen LogP contribution in [0.5, 0.6) is 0 Å². The Morgan fingerprint density at radius 3 is 2.85 bits per heavy atom. The van der Waals surface area contributed by atoms with Crippen LogP contribution in [0.4, 0.5) is 0 Å². The molecule has 0 amide bonds. The predicted molar refractivity (Wildman–Crippen MR) is 48.4 cm³/mol. The normalized spacial score (nSPS) is 24.5. The molecule has 0 bridgehead atoms. The van der Waals surface area contributed by atoms with Gasteiger partial charge in [0.25, 0.3) is 0 Å². The van der Waals surface area contributed by atoms with Crippen molar-refractivity contribution >= 4 is 10.0 Å². The highest BCUT2D eigenvalue weighted by molar-refractivity contribution is 7.89. The van der Waals surface area contributed by atoms with Gasteiger partial charge in [-0.25, -0.2) is 13.1 Å². The van der Waals surface area contributed by atoms with Gasteiger partial charge in [0.05, 0.1) is 6.07 Å². The summed E-state index contributed by atoms with van der Waals surface area (Å²) < 4.78 is 24.8. The third-order valence-electron chi connectivity index (χ3n) is 1.99. The van der Waals surface area contributed by atoms with Gasteiger partial charge >= 0.3 is 0 Å². The number of hydrogen-bond donors (Lipinski definition) is 1. The van der Waals surface area contributed by atoms with Crippen molar-refractivity contribution < 1.29 is 8.42 Å². The molecule has 1 aliphatic rings. The lowest BCUT2D eigenvalue weighted by molar-refractivity contribution is 0.407. The molecule has 1 fully saturated rings. The lowest BCUT2D eigenvalue weighted by Crippen LogP contribution is -2.37. The van der Waals surface area contributed by atoms with Crippen LogP contribution < -0.4 is 4.72 Å². The maximum atomic E-state index is 11.1. The van der Waals surface area contributed by atoms with Crippen molar-refractivity contribution in [3.63, 3.8) is 0 Å². The molecule has 1 atom stereocenters. The Bertz CT molecular complexity index is 306. The lowest BCUT2D eigenvalue weighted by atomic mass is 10.3. The van der Waals surface area contributed by atoms with Crippen LogP contribution in [-0.4, -0.2) is 45.2 Å². The fourth-order valence-corrected chi connectivity index (χ4v) is 2.37. The van der Waals surface area contributed by atoms with Crippen molar-refractivity contribution in [3.05, 3.63) is 0 Å². The van der Waals surface area contributed by atoms with E-state index in [1.165, 1.54) is 0 Å². The summed E-state index contributed by atoms with van der Waals surface area (Å²) in [5.41, 5.74) is 0. The number of nitrogens with zero attached hydrogens (tertiary/aromatic N) is 2. The van der Waals surface area contributed by atoms with E-state index < -0.39 is 15.8 Å². The molecule has 1 rings (SSSR count). The Morgan fingerprint density at radius 2 is 2.38 bits per heavy atom. The average Bonchev–Trinajstić information content (AvgIpc) is 2.34. The van der Waals surface area contributed by atoms with Crippen molar-refractivity contribution in [2.24, 2.45) is 0 Å². The fraction of sp³-hybridized carbons (Fsp3) is 0.857. The first-order chi connectivity index (χ1) is 6.03. The van der Waals surface area contributed by atoms with Gasteiger partial charge in [-0.15, -0.1) is 0 Å². The van der Waals surface area contributed by atoms with E-state index in [-0.39, 0.29) is 6.04 Å². The van der Waals surface area contributed by atoms with Crippen LogP contribution in [0.15, 0.2) is 0 Å². The van der Waals surface area contributed by atoms with Crippen LogP contribution in [0.25, 0.3) is 0 Å². The standard InChI is InChI=1S/C7H13N3O2S/c1-10-4-2-7(6-10)9-13(11,12)5-3-8/h7,9H,2,4-6H2,1H3. The van der Waals surface area contributed by atoms with Crippen LogP contribution in [0, 0.1) is 11.3 Å². The first-order valence-electron chi connectivity index (χ1n) is 4.09. The maximum Gasteiger partial charge on any atom is 0.225 e. The molecule has 5 nitrogen and oxygen atoms in total. The Kier molecular flexibility index (Phi) is 3.25. The minimum absolute atomic E-state index is 0.0247. The number of likely N-dealkylation sites (tertiary alicyclic amines) is 1. The van der Waals surface area contributed by atoms with Gasteiger partial charge in [0.15, 0.2) is 5.75 Å². The highest BCUT2D eigenvalue weighted by atomic mass is 32.2. The van der Waals surface area contributed by atoms with E-state index in [4.69, 9.17) is 5.26 Å². The molecule has 0 aromatic carbocycles. The van der Waals surface area contributed by atoms with E-state index in [2.05, 4.69) is 9.62 Å². The minimum atomic E-state index is -3.38. The van der Waals surface area contributed by atoms with Crippen molar-refractivity contribution in [1.29, 1.82) is 5.26 Å². The Balaban J connectivity index is 2.46. The summed E-state index contributed by atoms with van der Waals surface area (Å²) >= 11 is 0. The number of nitriles is 1. The first kappa shape index (κ1) is 10.4. The van der Waals surface area contributed by atoms with Crippen molar-refractivity contribution in [2.75, 3.05) is 25.9 Å². The van der Waals surface area contributed by atoms with Crippen molar-refractivity contribution in [1.82, 2.24) is 9.62 Å². The minimum Gasteiger partial charge on any atom is -0.305 e. The van der Waals surface area contributed by atoms with E-state index in [1.54, 1.807) is 6.07 Å². The van der Waals surface area contributed by atoms with Gasteiger partial charge in [-0.2, -0.15) is 5.26 Å². The molecule has 0 aromatic heterocycles. The molecule has 0 spiro atoms. The van der Waals surface area contributed by atoms with Gasteiger partial charge in [-0.1, -0.05) is 0 Å². The molecule has 1 heterocycles. The first-order valence-corrected chi connectivity index (χ1v) is 5.74. The van der Waals surface area contributed by atoms with Crippen molar-refractivity contribution in [3.8, 4) is 6.07 Å². The summed E-state index contributed by atoms with van der Waals surface area (Å²) in [6, 6.07) is 1.60. The smallest absolute Gasteiger partial charge is 0.225 e. The lowest BCUT2D eigenvalue weighted by Gasteiger charge is -2.11. The van der Waals surface area contributed by atoms with Crippen LogP contribution in [0.1, 0.15) is 6.42 Å². The molecule has 1 saturated heterocycles. The number of nitrogens with one attached hydrogen (secondary N) is 1. The van der Waals surface area contributed by atoms with Gasteiger partial charge in [-0.05, 0) is 20.0 Å². The van der Waals surface area contributed by atoms with E-state index in [0.29, 0.717) is 0 Å². The molecule has 74 valence electrons. The second kappa shape index (κ2) is 4.05. The third kappa shape index (κ3) is 3.30. The number of hydrogen-bond acceptors (Lipinski definition) is 4. The molecular weight excluding hydrogens is 190 g/mol.